The van der Waals surface area contributed by atoms with Gasteiger partial charge in [-0.15, -0.1) is 11.3 Å². The molecule has 0 aliphatic carbocycles. The predicted octanol–water partition coefficient (Wildman–Crippen LogP) is 5.03. The Morgan fingerprint density at radius 2 is 1.79 bits per heavy atom. The van der Waals surface area contributed by atoms with Crippen molar-refractivity contribution in [3.63, 3.8) is 0 Å². The lowest BCUT2D eigenvalue weighted by atomic mass is 10.0. The van der Waals surface area contributed by atoms with Crippen molar-refractivity contribution in [3.05, 3.63) is 69.3 Å². The largest absolute Gasteiger partial charge is 0.288 e. The van der Waals surface area contributed by atoms with E-state index in [2.05, 4.69) is 15.9 Å². The fourth-order valence-electron chi connectivity index (χ4n) is 2.00. The van der Waals surface area contributed by atoms with Crippen molar-refractivity contribution >= 4 is 43.1 Å². The topological polar surface area (TPSA) is 17.1 Å². The maximum absolute atomic E-state index is 14.0. The summed E-state index contributed by atoms with van der Waals surface area (Å²) in [6, 6.07) is 12.2. The lowest BCUT2D eigenvalue weighted by Crippen LogP contribution is -2.04. The van der Waals surface area contributed by atoms with Crippen LogP contribution in [0, 0.1) is 5.82 Å². The smallest absolute Gasteiger partial charge is 0.197 e. The fraction of sp³-hybridized carbons (Fsp3) is 0. The Morgan fingerprint density at radius 1 is 1.05 bits per heavy atom. The van der Waals surface area contributed by atoms with Crippen LogP contribution in [-0.4, -0.2) is 5.78 Å². The van der Waals surface area contributed by atoms with E-state index in [1.807, 2.05) is 23.6 Å². The van der Waals surface area contributed by atoms with E-state index in [-0.39, 0.29) is 11.3 Å². The van der Waals surface area contributed by atoms with Crippen molar-refractivity contribution in [3.8, 4) is 0 Å². The third kappa shape index (κ3) is 2.11. The highest BCUT2D eigenvalue weighted by Crippen LogP contribution is 2.28. The van der Waals surface area contributed by atoms with Crippen LogP contribution in [0.25, 0.3) is 10.1 Å². The zero-order chi connectivity index (χ0) is 13.4. The first-order valence-corrected chi connectivity index (χ1v) is 7.30. The number of halogens is 2. The van der Waals surface area contributed by atoms with E-state index in [4.69, 9.17) is 0 Å². The van der Waals surface area contributed by atoms with Gasteiger partial charge in [-0.3, -0.25) is 4.79 Å². The van der Waals surface area contributed by atoms with Crippen LogP contribution >= 0.6 is 27.3 Å². The first-order chi connectivity index (χ1) is 9.18. The van der Waals surface area contributed by atoms with E-state index in [9.17, 15) is 9.18 Å². The van der Waals surface area contributed by atoms with Crippen molar-refractivity contribution in [2.45, 2.75) is 0 Å². The van der Waals surface area contributed by atoms with Gasteiger partial charge >= 0.3 is 0 Å². The number of benzene rings is 2. The molecule has 0 bridgehead atoms. The van der Waals surface area contributed by atoms with Crippen LogP contribution < -0.4 is 0 Å². The zero-order valence-electron chi connectivity index (χ0n) is 9.69. The number of carbonyl (C=O) groups excluding carboxylic acids is 1. The molecule has 19 heavy (non-hydrogen) atoms. The molecule has 94 valence electrons. The van der Waals surface area contributed by atoms with Gasteiger partial charge in [0, 0.05) is 10.3 Å². The molecule has 0 N–H and O–H groups in total. The van der Waals surface area contributed by atoms with Crippen molar-refractivity contribution in [1.29, 1.82) is 0 Å². The molecular formula is C15H8BrFOS. The summed E-state index contributed by atoms with van der Waals surface area (Å²) in [4.78, 5) is 12.5. The average Bonchev–Trinajstić information content (AvgIpc) is 2.89. The molecule has 0 aliphatic heterocycles. The Bertz CT molecular complexity index is 779. The van der Waals surface area contributed by atoms with Gasteiger partial charge in [0.1, 0.15) is 5.82 Å². The molecule has 0 radical (unpaired) electrons. The third-order valence-electron chi connectivity index (χ3n) is 2.92. The van der Waals surface area contributed by atoms with Gasteiger partial charge in [0.25, 0.3) is 0 Å². The number of carbonyl (C=O) groups is 1. The second-order valence-corrected chi connectivity index (χ2v) is 5.85. The minimum atomic E-state index is -0.513. The number of rotatable bonds is 2. The van der Waals surface area contributed by atoms with E-state index in [0.717, 1.165) is 10.1 Å². The lowest BCUT2D eigenvalue weighted by Gasteiger charge is -2.05. The monoisotopic (exact) mass is 334 g/mol. The molecule has 0 atom stereocenters. The van der Waals surface area contributed by atoms with Crippen LogP contribution in [-0.2, 0) is 0 Å². The Kier molecular flexibility index (Phi) is 3.21. The Balaban J connectivity index is 2.19. The Hall–Kier alpha value is -1.52. The summed E-state index contributed by atoms with van der Waals surface area (Å²) in [5, 5.41) is 2.94. The molecule has 2 aromatic carbocycles. The van der Waals surface area contributed by atoms with Gasteiger partial charge in [-0.1, -0.05) is 18.2 Å². The summed E-state index contributed by atoms with van der Waals surface area (Å²) in [5.74, 6) is -0.798. The molecule has 4 heteroatoms. The highest BCUT2D eigenvalue weighted by molar-refractivity contribution is 9.10. The minimum absolute atomic E-state index is 0.0928. The van der Waals surface area contributed by atoms with Gasteiger partial charge in [-0.05, 0) is 51.0 Å². The molecule has 0 fully saturated rings. The highest BCUT2D eigenvalue weighted by atomic mass is 79.9. The van der Waals surface area contributed by atoms with Crippen LogP contribution in [0.2, 0.25) is 0 Å². The number of hydrogen-bond acceptors (Lipinski definition) is 2. The summed E-state index contributed by atoms with van der Waals surface area (Å²) in [6.45, 7) is 0. The third-order valence-corrected chi connectivity index (χ3v) is 4.50. The van der Waals surface area contributed by atoms with E-state index in [1.54, 1.807) is 18.2 Å². The van der Waals surface area contributed by atoms with Gasteiger partial charge in [0.05, 0.1) is 10.0 Å². The minimum Gasteiger partial charge on any atom is -0.288 e. The van der Waals surface area contributed by atoms with Gasteiger partial charge in [0.2, 0.25) is 0 Å². The maximum Gasteiger partial charge on any atom is 0.197 e. The van der Waals surface area contributed by atoms with Crippen LogP contribution in [0.3, 0.4) is 0 Å². The van der Waals surface area contributed by atoms with E-state index >= 15 is 0 Å². The van der Waals surface area contributed by atoms with E-state index in [0.29, 0.717) is 10.0 Å². The number of fused-ring (bicyclic) bond motifs is 1. The number of ketones is 1. The summed E-state index contributed by atoms with van der Waals surface area (Å²) in [6.07, 6.45) is 0. The molecule has 3 rings (SSSR count). The Labute approximate surface area is 121 Å². The molecule has 1 nitrogen and oxygen atoms in total. The van der Waals surface area contributed by atoms with Crippen LogP contribution in [0.1, 0.15) is 15.9 Å². The molecule has 0 aliphatic rings. The van der Waals surface area contributed by atoms with Crippen LogP contribution in [0.15, 0.2) is 52.3 Å². The van der Waals surface area contributed by atoms with Crippen molar-refractivity contribution in [2.24, 2.45) is 0 Å². The lowest BCUT2D eigenvalue weighted by molar-refractivity contribution is 0.103. The molecule has 0 spiro atoms. The standard InChI is InChI=1S/C15H8BrFOS/c16-12-6-2-4-10(13(12)17)14(18)11-5-1-3-9-7-8-19-15(9)11/h1-8H. The average molecular weight is 335 g/mol. The normalized spacial score (nSPS) is 10.8. The Morgan fingerprint density at radius 3 is 2.63 bits per heavy atom. The molecular weight excluding hydrogens is 327 g/mol. The predicted molar refractivity (Wildman–Crippen MR) is 79.4 cm³/mol. The van der Waals surface area contributed by atoms with Gasteiger partial charge in [-0.2, -0.15) is 0 Å². The quantitative estimate of drug-likeness (QED) is 0.600. The summed E-state index contributed by atoms with van der Waals surface area (Å²) in [7, 11) is 0. The highest BCUT2D eigenvalue weighted by Gasteiger charge is 2.18. The number of hydrogen-bond donors (Lipinski definition) is 0. The molecule has 0 amide bonds. The zero-order valence-corrected chi connectivity index (χ0v) is 12.1. The van der Waals surface area contributed by atoms with E-state index < -0.39 is 5.82 Å². The van der Waals surface area contributed by atoms with Crippen LogP contribution in [0.5, 0.6) is 0 Å². The SMILES string of the molecule is O=C(c1cccc(Br)c1F)c1cccc2ccsc12. The first-order valence-electron chi connectivity index (χ1n) is 5.63. The molecule has 3 aromatic rings. The summed E-state index contributed by atoms with van der Waals surface area (Å²) in [5.41, 5.74) is 0.639. The van der Waals surface area contributed by atoms with Gasteiger partial charge < -0.3 is 0 Å². The van der Waals surface area contributed by atoms with Crippen molar-refractivity contribution < 1.29 is 9.18 Å². The van der Waals surface area contributed by atoms with Crippen molar-refractivity contribution in [2.75, 3.05) is 0 Å². The maximum atomic E-state index is 14.0. The molecule has 0 saturated carbocycles. The van der Waals surface area contributed by atoms with E-state index in [1.165, 1.54) is 17.4 Å². The van der Waals surface area contributed by atoms with Gasteiger partial charge in [-0.25, -0.2) is 4.39 Å². The summed E-state index contributed by atoms with van der Waals surface area (Å²) >= 11 is 4.60. The fourth-order valence-corrected chi connectivity index (χ4v) is 3.27. The molecule has 0 saturated heterocycles. The molecule has 0 unspecified atom stereocenters. The number of thiophene rings is 1. The van der Waals surface area contributed by atoms with Crippen molar-refractivity contribution in [1.82, 2.24) is 0 Å². The molecule has 1 heterocycles. The first kappa shape index (κ1) is 12.5. The van der Waals surface area contributed by atoms with Gasteiger partial charge in [0.15, 0.2) is 5.78 Å². The molecule has 1 aromatic heterocycles. The van der Waals surface area contributed by atoms with Crippen LogP contribution in [0.4, 0.5) is 4.39 Å². The summed E-state index contributed by atoms with van der Waals surface area (Å²) < 4.78 is 15.2. The second-order valence-electron chi connectivity index (χ2n) is 4.08. The second kappa shape index (κ2) is 4.87.